The molecule has 4 heteroatoms. The van der Waals surface area contributed by atoms with Gasteiger partial charge in [0.25, 0.3) is 0 Å². The van der Waals surface area contributed by atoms with Crippen LogP contribution in [0, 0.1) is 0 Å². The minimum atomic E-state index is 0.00655. The van der Waals surface area contributed by atoms with Gasteiger partial charge in [-0.05, 0) is 59.0 Å². The molecule has 0 saturated carbocycles. The lowest BCUT2D eigenvalue weighted by molar-refractivity contribution is 0.412. The monoisotopic (exact) mass is 460 g/mol. The summed E-state index contributed by atoms with van der Waals surface area (Å²) in [4.78, 5) is 6.46. The largest absolute Gasteiger partial charge is 0.504 e. The first kappa shape index (κ1) is 21.5. The van der Waals surface area contributed by atoms with Gasteiger partial charge in [0.2, 0.25) is 0 Å². The van der Waals surface area contributed by atoms with Gasteiger partial charge in [-0.25, -0.2) is 0 Å². The van der Waals surface area contributed by atoms with Gasteiger partial charge in [0.15, 0.2) is 11.5 Å². The summed E-state index contributed by atoms with van der Waals surface area (Å²) >= 11 is 0. The molecule has 0 aromatic heterocycles. The zero-order valence-electron chi connectivity index (χ0n) is 19.6. The zero-order chi connectivity index (χ0) is 23.8. The van der Waals surface area contributed by atoms with Crippen LogP contribution in [0.25, 0.3) is 32.3 Å². The van der Waals surface area contributed by atoms with Crippen molar-refractivity contribution in [3.8, 4) is 11.5 Å². The molecular weight excluding hydrogens is 432 g/mol. The van der Waals surface area contributed by atoms with Crippen LogP contribution in [0.15, 0.2) is 83.9 Å². The Balaban J connectivity index is 0.000000136. The van der Waals surface area contributed by atoms with Gasteiger partial charge >= 0.3 is 0 Å². The molecule has 0 bridgehead atoms. The fourth-order valence-electron chi connectivity index (χ4n) is 5.51. The number of hydrogen-bond donors (Lipinski definition) is 2. The number of aryl methyl sites for hydroxylation is 2. The first-order valence-corrected chi connectivity index (χ1v) is 12.3. The van der Waals surface area contributed by atoms with Crippen molar-refractivity contribution in [1.29, 1.82) is 0 Å². The molecule has 0 unspecified atom stereocenters. The molecular formula is C31H28N2O2. The van der Waals surface area contributed by atoms with E-state index < -0.39 is 0 Å². The van der Waals surface area contributed by atoms with E-state index in [1.165, 1.54) is 34.0 Å². The van der Waals surface area contributed by atoms with Crippen LogP contribution >= 0.6 is 0 Å². The van der Waals surface area contributed by atoms with E-state index in [4.69, 9.17) is 0 Å². The van der Waals surface area contributed by atoms with Crippen LogP contribution in [-0.4, -0.2) is 29.6 Å². The summed E-state index contributed by atoms with van der Waals surface area (Å²) in [6, 6.07) is 26.8. The number of aliphatic imine (C=N–C) groups is 1. The first-order chi connectivity index (χ1) is 17.2. The van der Waals surface area contributed by atoms with Crippen molar-refractivity contribution >= 4 is 44.3 Å². The predicted molar refractivity (Wildman–Crippen MR) is 146 cm³/mol. The molecule has 0 saturated heterocycles. The Morgan fingerprint density at radius 3 is 2.23 bits per heavy atom. The first-order valence-electron chi connectivity index (χ1n) is 12.3. The molecule has 2 aliphatic rings. The molecule has 4 nitrogen and oxygen atoms in total. The van der Waals surface area contributed by atoms with E-state index in [2.05, 4.69) is 64.5 Å². The van der Waals surface area contributed by atoms with E-state index in [-0.39, 0.29) is 11.5 Å². The third-order valence-corrected chi connectivity index (χ3v) is 7.23. The SMILES string of the molecule is C1=NCCN1c1cccc2ccccc12.Oc1c(O)c2c3c(ccc2c2ccccc12)CCCC3. The average molecular weight is 461 g/mol. The van der Waals surface area contributed by atoms with Crippen LogP contribution in [0.1, 0.15) is 24.0 Å². The third kappa shape index (κ3) is 3.75. The van der Waals surface area contributed by atoms with Crippen molar-refractivity contribution in [2.45, 2.75) is 25.7 Å². The van der Waals surface area contributed by atoms with Gasteiger partial charge in [-0.1, -0.05) is 72.8 Å². The van der Waals surface area contributed by atoms with Crippen LogP contribution in [0.4, 0.5) is 5.69 Å². The van der Waals surface area contributed by atoms with E-state index in [0.29, 0.717) is 5.39 Å². The Bertz CT molecular complexity index is 1580. The number of nitrogens with zero attached hydrogens (tertiary/aromatic N) is 2. The number of rotatable bonds is 1. The number of anilines is 1. The number of benzene rings is 5. The second kappa shape index (κ2) is 8.95. The van der Waals surface area contributed by atoms with Gasteiger partial charge in [0.1, 0.15) is 0 Å². The Labute approximate surface area is 204 Å². The van der Waals surface area contributed by atoms with Crippen molar-refractivity contribution < 1.29 is 10.2 Å². The molecule has 0 spiro atoms. The molecule has 1 heterocycles. The Morgan fingerprint density at radius 1 is 0.657 bits per heavy atom. The van der Waals surface area contributed by atoms with Gasteiger partial charge in [0.05, 0.1) is 12.9 Å². The number of phenolic OH excluding ortho intramolecular Hbond substituents is 2. The molecule has 1 aliphatic heterocycles. The minimum Gasteiger partial charge on any atom is -0.504 e. The lowest BCUT2D eigenvalue weighted by atomic mass is 9.86. The van der Waals surface area contributed by atoms with Crippen molar-refractivity contribution in [3.05, 3.63) is 90.0 Å². The van der Waals surface area contributed by atoms with E-state index in [0.717, 1.165) is 48.5 Å². The minimum absolute atomic E-state index is 0.00655. The van der Waals surface area contributed by atoms with Gasteiger partial charge < -0.3 is 15.1 Å². The molecule has 35 heavy (non-hydrogen) atoms. The number of aromatic hydroxyl groups is 2. The molecule has 0 radical (unpaired) electrons. The topological polar surface area (TPSA) is 56.1 Å². The Morgan fingerprint density at radius 2 is 1.40 bits per heavy atom. The second-order valence-corrected chi connectivity index (χ2v) is 9.29. The van der Waals surface area contributed by atoms with Gasteiger partial charge in [0, 0.05) is 28.4 Å². The summed E-state index contributed by atoms with van der Waals surface area (Å²) in [6.45, 7) is 1.90. The predicted octanol–water partition coefficient (Wildman–Crippen LogP) is 6.97. The molecule has 174 valence electrons. The number of hydrogen-bond acceptors (Lipinski definition) is 4. The van der Waals surface area contributed by atoms with Gasteiger partial charge in [-0.15, -0.1) is 0 Å². The highest BCUT2D eigenvalue weighted by Crippen LogP contribution is 2.45. The fraction of sp³-hybridized carbons (Fsp3) is 0.194. The van der Waals surface area contributed by atoms with Crippen LogP contribution in [-0.2, 0) is 12.8 Å². The van der Waals surface area contributed by atoms with Gasteiger partial charge in [-0.3, -0.25) is 4.99 Å². The summed E-state index contributed by atoms with van der Waals surface area (Å²) in [7, 11) is 0. The number of fused-ring (bicyclic) bond motifs is 6. The van der Waals surface area contributed by atoms with Crippen molar-refractivity contribution in [3.63, 3.8) is 0 Å². The molecule has 5 aromatic carbocycles. The quantitative estimate of drug-likeness (QED) is 0.210. The average Bonchev–Trinajstić information content (AvgIpc) is 3.46. The zero-order valence-corrected chi connectivity index (χ0v) is 19.6. The Hall–Kier alpha value is -4.05. The number of phenols is 2. The summed E-state index contributed by atoms with van der Waals surface area (Å²) < 4.78 is 0. The molecule has 1 aliphatic carbocycles. The maximum absolute atomic E-state index is 10.5. The smallest absolute Gasteiger partial charge is 0.166 e. The third-order valence-electron chi connectivity index (χ3n) is 7.23. The maximum atomic E-state index is 10.5. The Kier molecular flexibility index (Phi) is 5.49. The molecule has 0 atom stereocenters. The van der Waals surface area contributed by atoms with Crippen LogP contribution in [0.2, 0.25) is 0 Å². The van der Waals surface area contributed by atoms with Crippen LogP contribution in [0.3, 0.4) is 0 Å². The van der Waals surface area contributed by atoms with Crippen molar-refractivity contribution in [2.24, 2.45) is 4.99 Å². The molecule has 5 aromatic rings. The molecule has 0 fully saturated rings. The molecule has 0 amide bonds. The van der Waals surface area contributed by atoms with Crippen molar-refractivity contribution in [1.82, 2.24) is 0 Å². The maximum Gasteiger partial charge on any atom is 0.166 e. The second-order valence-electron chi connectivity index (χ2n) is 9.29. The van der Waals surface area contributed by atoms with Crippen molar-refractivity contribution in [2.75, 3.05) is 18.0 Å². The summed E-state index contributed by atoms with van der Waals surface area (Å²) in [5, 5.41) is 27.0. The van der Waals surface area contributed by atoms with E-state index in [1.54, 1.807) is 0 Å². The lowest BCUT2D eigenvalue weighted by Gasteiger charge is -2.20. The highest BCUT2D eigenvalue weighted by Gasteiger charge is 2.19. The lowest BCUT2D eigenvalue weighted by Crippen LogP contribution is -2.18. The highest BCUT2D eigenvalue weighted by molar-refractivity contribution is 6.14. The van der Waals surface area contributed by atoms with E-state index in [9.17, 15) is 10.2 Å². The summed E-state index contributed by atoms with van der Waals surface area (Å²) in [5.41, 5.74) is 3.79. The summed E-state index contributed by atoms with van der Waals surface area (Å²) in [5.74, 6) is 0.0459. The van der Waals surface area contributed by atoms with E-state index in [1.807, 2.05) is 30.6 Å². The van der Waals surface area contributed by atoms with Crippen LogP contribution < -0.4 is 4.90 Å². The molecule has 7 rings (SSSR count). The summed E-state index contributed by atoms with van der Waals surface area (Å²) in [6.07, 6.45) is 6.34. The normalized spacial score (nSPS) is 14.8. The fourth-order valence-corrected chi connectivity index (χ4v) is 5.51. The standard InChI is InChI=1S/C18H16O2.C13H12N2/c19-17-15-8-4-3-7-13(15)14-10-9-11-5-1-2-6-12(11)16(14)18(17)20;1-2-6-12-11(4-1)5-3-7-13(12)15-9-8-14-10-15/h3-4,7-10,19-20H,1-2,5-6H2;1-7,10H,8-9H2. The van der Waals surface area contributed by atoms with E-state index >= 15 is 0 Å². The van der Waals surface area contributed by atoms with Crippen LogP contribution in [0.5, 0.6) is 11.5 Å². The van der Waals surface area contributed by atoms with Gasteiger partial charge in [-0.2, -0.15) is 0 Å². The highest BCUT2D eigenvalue weighted by atomic mass is 16.3. The molecule has 2 N–H and O–H groups in total.